The van der Waals surface area contributed by atoms with Crippen LogP contribution >= 0.6 is 0 Å². The van der Waals surface area contributed by atoms with Gasteiger partial charge in [0.05, 0.1) is 30.4 Å². The highest BCUT2D eigenvalue weighted by Gasteiger charge is 2.20. The normalized spacial score (nSPS) is 14.8. The fraction of sp³-hybridized carbons (Fsp3) is 0.400. The van der Waals surface area contributed by atoms with Crippen LogP contribution in [0.1, 0.15) is 48.7 Å². The number of nitrogens with one attached hydrogen (secondary N) is 1. The van der Waals surface area contributed by atoms with Crippen molar-refractivity contribution in [2.45, 2.75) is 32.8 Å². The predicted molar refractivity (Wildman–Crippen MR) is 125 cm³/mol. The molecule has 1 atom stereocenters. The maximum absolute atomic E-state index is 13.7. The fourth-order valence-electron chi connectivity index (χ4n) is 3.81. The highest BCUT2D eigenvalue weighted by Crippen LogP contribution is 2.29. The lowest BCUT2D eigenvalue weighted by atomic mass is 10.0. The Balaban J connectivity index is 1.72. The van der Waals surface area contributed by atoms with E-state index in [1.165, 1.54) is 12.1 Å². The molecule has 2 aromatic carbocycles. The fourth-order valence-corrected chi connectivity index (χ4v) is 3.81. The summed E-state index contributed by atoms with van der Waals surface area (Å²) in [5.74, 6) is 0.627. The summed E-state index contributed by atoms with van der Waals surface area (Å²) in [4.78, 5) is 24.4. The zero-order valence-electron chi connectivity index (χ0n) is 19.0. The molecule has 0 bridgehead atoms. The number of unbranched alkanes of at least 4 members (excludes halogenated alkanes) is 1. The second kappa shape index (κ2) is 10.6. The lowest BCUT2D eigenvalue weighted by Crippen LogP contribution is -2.36. The molecule has 0 aliphatic carbocycles. The van der Waals surface area contributed by atoms with Crippen LogP contribution in [0.4, 0.5) is 10.2 Å². The minimum absolute atomic E-state index is 0.163. The van der Waals surface area contributed by atoms with E-state index in [4.69, 9.17) is 14.5 Å². The number of hydrogen-bond donors (Lipinski definition) is 1. The number of carbonyl (C=O) groups is 1. The lowest BCUT2D eigenvalue weighted by molar-refractivity contribution is 0.0953. The van der Waals surface area contributed by atoms with Gasteiger partial charge in [-0.25, -0.2) is 9.37 Å². The molecule has 0 unspecified atom stereocenters. The van der Waals surface area contributed by atoms with E-state index in [0.717, 1.165) is 37.3 Å². The summed E-state index contributed by atoms with van der Waals surface area (Å²) in [6, 6.07) is 9.56. The molecule has 1 aromatic heterocycles. The van der Waals surface area contributed by atoms with E-state index < -0.39 is 6.10 Å². The number of benzene rings is 2. The molecule has 174 valence electrons. The van der Waals surface area contributed by atoms with Crippen molar-refractivity contribution in [1.82, 2.24) is 15.3 Å². The molecule has 7 nitrogen and oxygen atoms in total. The molecule has 1 N–H and O–H groups in total. The number of anilines is 1. The number of nitrogens with zero attached hydrogens (tertiary/aromatic N) is 3. The molecule has 0 radical (unpaired) electrons. The van der Waals surface area contributed by atoms with Gasteiger partial charge in [-0.3, -0.25) is 9.78 Å². The molecule has 0 spiro atoms. The summed E-state index contributed by atoms with van der Waals surface area (Å²) in [5, 5.41) is 2.95. The van der Waals surface area contributed by atoms with Crippen molar-refractivity contribution in [2.75, 3.05) is 37.7 Å². The maximum Gasteiger partial charge on any atom is 0.251 e. The molecule has 1 aliphatic heterocycles. The number of halogens is 1. The Kier molecular flexibility index (Phi) is 7.34. The van der Waals surface area contributed by atoms with Crippen molar-refractivity contribution < 1.29 is 18.7 Å². The molecule has 1 amide bonds. The van der Waals surface area contributed by atoms with Crippen LogP contribution in [0.2, 0.25) is 0 Å². The number of hydrogen-bond acceptors (Lipinski definition) is 6. The molecule has 1 saturated heterocycles. The first-order valence-electron chi connectivity index (χ1n) is 11.4. The Bertz CT molecular complexity index is 1120. The van der Waals surface area contributed by atoms with E-state index in [2.05, 4.69) is 22.1 Å². The molecular weight excluding hydrogens is 423 g/mol. The summed E-state index contributed by atoms with van der Waals surface area (Å²) < 4.78 is 25.2. The van der Waals surface area contributed by atoms with Gasteiger partial charge in [-0.1, -0.05) is 19.4 Å². The van der Waals surface area contributed by atoms with Gasteiger partial charge in [0, 0.05) is 36.8 Å². The van der Waals surface area contributed by atoms with Gasteiger partial charge in [0.15, 0.2) is 0 Å². The molecular formula is C25H29FN4O3. The number of carbonyl (C=O) groups excluding carboxylic acids is 1. The number of fused-ring (bicyclic) bond motifs is 1. The van der Waals surface area contributed by atoms with E-state index in [0.29, 0.717) is 42.1 Å². The van der Waals surface area contributed by atoms with Crippen molar-refractivity contribution in [3.05, 3.63) is 59.5 Å². The van der Waals surface area contributed by atoms with Gasteiger partial charge in [-0.2, -0.15) is 0 Å². The third kappa shape index (κ3) is 5.57. The van der Waals surface area contributed by atoms with E-state index >= 15 is 0 Å². The predicted octanol–water partition coefficient (Wildman–Crippen LogP) is 4.28. The van der Waals surface area contributed by atoms with Gasteiger partial charge in [0.2, 0.25) is 0 Å². The molecule has 1 fully saturated rings. The second-order valence-electron chi connectivity index (χ2n) is 8.09. The van der Waals surface area contributed by atoms with Crippen LogP contribution in [0.3, 0.4) is 0 Å². The summed E-state index contributed by atoms with van der Waals surface area (Å²) in [6.45, 7) is 7.31. The van der Waals surface area contributed by atoms with E-state index in [1.807, 2.05) is 6.92 Å². The number of morpholine rings is 1. The van der Waals surface area contributed by atoms with Crippen LogP contribution in [0.15, 0.2) is 42.6 Å². The smallest absolute Gasteiger partial charge is 0.251 e. The van der Waals surface area contributed by atoms with Crippen LogP contribution in [-0.2, 0) is 4.74 Å². The zero-order valence-corrected chi connectivity index (χ0v) is 19.0. The van der Waals surface area contributed by atoms with Gasteiger partial charge >= 0.3 is 0 Å². The van der Waals surface area contributed by atoms with Crippen molar-refractivity contribution in [2.24, 2.45) is 0 Å². The van der Waals surface area contributed by atoms with Gasteiger partial charge in [-0.15, -0.1) is 0 Å². The van der Waals surface area contributed by atoms with Crippen molar-refractivity contribution in [1.29, 1.82) is 0 Å². The number of aromatic nitrogens is 2. The van der Waals surface area contributed by atoms with Crippen LogP contribution in [0.5, 0.6) is 5.75 Å². The molecule has 3 aromatic rings. The third-order valence-corrected chi connectivity index (χ3v) is 5.62. The van der Waals surface area contributed by atoms with Crippen LogP contribution in [0, 0.1) is 5.82 Å². The largest absolute Gasteiger partial charge is 0.486 e. The zero-order chi connectivity index (χ0) is 23.2. The highest BCUT2D eigenvalue weighted by atomic mass is 19.1. The van der Waals surface area contributed by atoms with E-state index in [9.17, 15) is 9.18 Å². The first-order chi connectivity index (χ1) is 16.0. The number of rotatable bonds is 8. The summed E-state index contributed by atoms with van der Waals surface area (Å²) >= 11 is 0. The monoisotopic (exact) mass is 452 g/mol. The molecule has 4 rings (SSSR count). The Morgan fingerprint density at radius 3 is 2.85 bits per heavy atom. The minimum Gasteiger partial charge on any atom is -0.486 e. The average molecular weight is 453 g/mol. The Labute approximate surface area is 192 Å². The first-order valence-corrected chi connectivity index (χ1v) is 11.4. The molecule has 8 heteroatoms. The quantitative estimate of drug-likeness (QED) is 0.514. The first kappa shape index (κ1) is 22.9. The summed E-state index contributed by atoms with van der Waals surface area (Å²) in [5.41, 5.74) is 2.49. The maximum atomic E-state index is 13.7. The minimum atomic E-state index is -0.480. The van der Waals surface area contributed by atoms with Gasteiger partial charge in [0.25, 0.3) is 5.91 Å². The van der Waals surface area contributed by atoms with Crippen molar-refractivity contribution >= 4 is 22.8 Å². The van der Waals surface area contributed by atoms with E-state index in [-0.39, 0.29) is 11.7 Å². The molecule has 2 heterocycles. The third-order valence-electron chi connectivity index (χ3n) is 5.62. The van der Waals surface area contributed by atoms with Crippen molar-refractivity contribution in [3.63, 3.8) is 0 Å². The Morgan fingerprint density at radius 1 is 1.27 bits per heavy atom. The Morgan fingerprint density at radius 2 is 2.09 bits per heavy atom. The SMILES string of the molecule is CCCCNC(=O)c1cc([C@H](C)Oc2cccc(F)c2)c2nc(N3CCOCC3)cnc2c1. The number of amides is 1. The van der Waals surface area contributed by atoms with Gasteiger partial charge in [-0.05, 0) is 37.6 Å². The van der Waals surface area contributed by atoms with E-state index in [1.54, 1.807) is 30.5 Å². The molecule has 1 aliphatic rings. The van der Waals surface area contributed by atoms with Gasteiger partial charge in [0.1, 0.15) is 23.5 Å². The average Bonchev–Trinajstić information content (AvgIpc) is 2.83. The highest BCUT2D eigenvalue weighted by molar-refractivity contribution is 5.98. The summed E-state index contributed by atoms with van der Waals surface area (Å²) in [7, 11) is 0. The standard InChI is InChI=1S/C25H29FN4O3/c1-3-4-8-27-25(31)18-13-21(17(2)33-20-7-5-6-19(26)15-20)24-22(14-18)28-16-23(29-24)30-9-11-32-12-10-30/h5-7,13-17H,3-4,8-12H2,1-2H3,(H,27,31)/t17-/m0/s1. The van der Waals surface area contributed by atoms with Crippen LogP contribution < -0.4 is 15.0 Å². The lowest BCUT2D eigenvalue weighted by Gasteiger charge is -2.28. The van der Waals surface area contributed by atoms with Crippen LogP contribution in [0.25, 0.3) is 11.0 Å². The molecule has 0 saturated carbocycles. The number of ether oxygens (including phenoxy) is 2. The molecule has 33 heavy (non-hydrogen) atoms. The summed E-state index contributed by atoms with van der Waals surface area (Å²) in [6.07, 6.45) is 3.16. The van der Waals surface area contributed by atoms with Crippen LogP contribution in [-0.4, -0.2) is 48.7 Å². The Hall–Kier alpha value is -3.26. The van der Waals surface area contributed by atoms with Gasteiger partial charge < -0.3 is 19.7 Å². The second-order valence-corrected chi connectivity index (χ2v) is 8.09. The topological polar surface area (TPSA) is 76.6 Å². The van der Waals surface area contributed by atoms with Crippen molar-refractivity contribution in [3.8, 4) is 5.75 Å².